The van der Waals surface area contributed by atoms with E-state index < -0.39 is 0 Å². The maximum absolute atomic E-state index is 12.4. The molecule has 0 fully saturated rings. The zero-order valence-electron chi connectivity index (χ0n) is 12.4. The van der Waals surface area contributed by atoms with Crippen LogP contribution in [0.2, 0.25) is 0 Å². The van der Waals surface area contributed by atoms with Gasteiger partial charge in [-0.1, -0.05) is 49.4 Å². The van der Waals surface area contributed by atoms with Gasteiger partial charge in [-0.3, -0.25) is 4.79 Å². The predicted molar refractivity (Wildman–Crippen MR) is 89.3 cm³/mol. The number of ether oxygens (including phenoxy) is 1. The molecular weight excluding hydrogens is 280 g/mol. The van der Waals surface area contributed by atoms with Crippen LogP contribution in [-0.4, -0.2) is 18.6 Å². The summed E-state index contributed by atoms with van der Waals surface area (Å²) in [6.45, 7) is 2.12. The van der Waals surface area contributed by atoms with Gasteiger partial charge in [0.15, 0.2) is 5.78 Å². The number of methoxy groups -OCH3 is 1. The third-order valence-electron chi connectivity index (χ3n) is 3.32. The molecule has 0 bridgehead atoms. The van der Waals surface area contributed by atoms with Gasteiger partial charge >= 0.3 is 0 Å². The fraction of sp³-hybridized carbons (Fsp3) is 0.278. The van der Waals surface area contributed by atoms with Crippen LogP contribution in [0.4, 0.5) is 0 Å². The van der Waals surface area contributed by atoms with Gasteiger partial charge in [-0.25, -0.2) is 0 Å². The number of carbonyl (C=O) groups excluding carboxylic acids is 1. The SMILES string of the molecule is CCSC(CC(=O)c1ccccc1)c1ccc(OC)cc1. The zero-order chi connectivity index (χ0) is 15.1. The van der Waals surface area contributed by atoms with Crippen LogP contribution in [0.25, 0.3) is 0 Å². The number of benzene rings is 2. The summed E-state index contributed by atoms with van der Waals surface area (Å²) in [6, 6.07) is 17.5. The second-order valence-electron chi connectivity index (χ2n) is 4.71. The van der Waals surface area contributed by atoms with E-state index in [2.05, 4.69) is 6.92 Å². The molecule has 0 saturated carbocycles. The summed E-state index contributed by atoms with van der Waals surface area (Å²) in [5.74, 6) is 2.02. The third kappa shape index (κ3) is 4.36. The van der Waals surface area contributed by atoms with Crippen molar-refractivity contribution in [3.63, 3.8) is 0 Å². The van der Waals surface area contributed by atoms with Gasteiger partial charge in [-0.2, -0.15) is 11.8 Å². The highest BCUT2D eigenvalue weighted by Gasteiger charge is 2.17. The van der Waals surface area contributed by atoms with Crippen molar-refractivity contribution in [3.8, 4) is 5.75 Å². The summed E-state index contributed by atoms with van der Waals surface area (Å²) in [5, 5.41) is 0.189. The third-order valence-corrected chi connectivity index (χ3v) is 4.50. The van der Waals surface area contributed by atoms with Crippen molar-refractivity contribution in [1.82, 2.24) is 0 Å². The van der Waals surface area contributed by atoms with Crippen LogP contribution in [0.15, 0.2) is 54.6 Å². The fourth-order valence-electron chi connectivity index (χ4n) is 2.20. The highest BCUT2D eigenvalue weighted by molar-refractivity contribution is 7.99. The summed E-state index contributed by atoms with van der Waals surface area (Å²) in [6.07, 6.45) is 0.523. The fourth-order valence-corrected chi connectivity index (χ4v) is 3.22. The average molecular weight is 300 g/mol. The molecule has 0 aromatic heterocycles. The van der Waals surface area contributed by atoms with E-state index >= 15 is 0 Å². The van der Waals surface area contributed by atoms with Crippen LogP contribution in [0.5, 0.6) is 5.75 Å². The van der Waals surface area contributed by atoms with E-state index in [1.165, 1.54) is 5.56 Å². The number of ketones is 1. The maximum atomic E-state index is 12.4. The van der Waals surface area contributed by atoms with Crippen LogP contribution in [0.1, 0.15) is 34.5 Å². The first-order chi connectivity index (χ1) is 10.2. The zero-order valence-corrected chi connectivity index (χ0v) is 13.2. The second-order valence-corrected chi connectivity index (χ2v) is 6.19. The quantitative estimate of drug-likeness (QED) is 0.689. The molecule has 0 aliphatic rings. The minimum Gasteiger partial charge on any atom is -0.497 e. The second kappa shape index (κ2) is 7.89. The van der Waals surface area contributed by atoms with Crippen LogP contribution < -0.4 is 4.74 Å². The molecule has 1 unspecified atom stereocenters. The van der Waals surface area contributed by atoms with Gasteiger partial charge in [0.1, 0.15) is 5.75 Å². The van der Waals surface area contributed by atoms with E-state index in [0.717, 1.165) is 17.1 Å². The number of hydrogen-bond acceptors (Lipinski definition) is 3. The summed E-state index contributed by atoms with van der Waals surface area (Å²) in [5.41, 5.74) is 1.96. The molecule has 0 aliphatic heterocycles. The Kier molecular flexibility index (Phi) is 5.88. The highest BCUT2D eigenvalue weighted by Crippen LogP contribution is 2.33. The van der Waals surface area contributed by atoms with E-state index in [-0.39, 0.29) is 11.0 Å². The smallest absolute Gasteiger partial charge is 0.164 e. The van der Waals surface area contributed by atoms with Gasteiger partial charge in [-0.15, -0.1) is 0 Å². The van der Waals surface area contributed by atoms with E-state index in [1.54, 1.807) is 18.9 Å². The molecule has 2 aromatic rings. The predicted octanol–water partition coefficient (Wildman–Crippen LogP) is 4.76. The Morgan fingerprint density at radius 1 is 1.10 bits per heavy atom. The van der Waals surface area contributed by atoms with E-state index in [9.17, 15) is 4.79 Å². The summed E-state index contributed by atoms with van der Waals surface area (Å²) in [4.78, 5) is 12.4. The van der Waals surface area contributed by atoms with Gasteiger partial charge in [0, 0.05) is 17.2 Å². The van der Waals surface area contributed by atoms with Crippen molar-refractivity contribution in [1.29, 1.82) is 0 Å². The van der Waals surface area contributed by atoms with Crippen LogP contribution in [0, 0.1) is 0 Å². The maximum Gasteiger partial charge on any atom is 0.164 e. The average Bonchev–Trinajstić information content (AvgIpc) is 2.55. The number of rotatable bonds is 7. The van der Waals surface area contributed by atoms with Gasteiger partial charge in [0.25, 0.3) is 0 Å². The summed E-state index contributed by atoms with van der Waals surface area (Å²) >= 11 is 1.80. The standard InChI is InChI=1S/C18H20O2S/c1-3-21-18(15-9-11-16(20-2)12-10-15)13-17(19)14-7-5-4-6-8-14/h4-12,18H,3,13H2,1-2H3. The number of carbonyl (C=O) groups is 1. The molecule has 1 atom stereocenters. The lowest BCUT2D eigenvalue weighted by Gasteiger charge is -2.16. The summed E-state index contributed by atoms with van der Waals surface area (Å²) < 4.78 is 5.19. The lowest BCUT2D eigenvalue weighted by Crippen LogP contribution is -2.05. The first-order valence-corrected chi connectivity index (χ1v) is 8.13. The van der Waals surface area contributed by atoms with Crippen molar-refractivity contribution in [3.05, 3.63) is 65.7 Å². The number of hydrogen-bond donors (Lipinski definition) is 0. The molecule has 2 aromatic carbocycles. The van der Waals surface area contributed by atoms with E-state index in [0.29, 0.717) is 6.42 Å². The van der Waals surface area contributed by atoms with Gasteiger partial charge in [0.2, 0.25) is 0 Å². The monoisotopic (exact) mass is 300 g/mol. The minimum atomic E-state index is 0.189. The Morgan fingerprint density at radius 3 is 2.33 bits per heavy atom. The van der Waals surface area contributed by atoms with Gasteiger partial charge in [0.05, 0.1) is 7.11 Å². The number of thioether (sulfide) groups is 1. The molecule has 0 spiro atoms. The van der Waals surface area contributed by atoms with Gasteiger partial charge in [-0.05, 0) is 23.4 Å². The van der Waals surface area contributed by atoms with Crippen LogP contribution in [0.3, 0.4) is 0 Å². The van der Waals surface area contributed by atoms with Crippen molar-refractivity contribution < 1.29 is 9.53 Å². The molecular formula is C18H20O2S. The first-order valence-electron chi connectivity index (χ1n) is 7.08. The highest BCUT2D eigenvalue weighted by atomic mass is 32.2. The Bertz CT molecular complexity index is 564. The van der Waals surface area contributed by atoms with E-state index in [1.807, 2.05) is 54.6 Å². The van der Waals surface area contributed by atoms with Crippen molar-refractivity contribution in [2.45, 2.75) is 18.6 Å². The number of Topliss-reactive ketones (excluding diaryl/α,β-unsaturated/α-hetero) is 1. The van der Waals surface area contributed by atoms with Crippen molar-refractivity contribution in [2.24, 2.45) is 0 Å². The molecule has 21 heavy (non-hydrogen) atoms. The van der Waals surface area contributed by atoms with Crippen molar-refractivity contribution >= 4 is 17.5 Å². The Morgan fingerprint density at radius 2 is 1.76 bits per heavy atom. The minimum absolute atomic E-state index is 0.189. The Labute approximate surface area is 130 Å². The molecule has 0 heterocycles. The molecule has 3 heteroatoms. The molecule has 0 saturated heterocycles. The first kappa shape index (κ1) is 15.6. The van der Waals surface area contributed by atoms with Crippen LogP contribution >= 0.6 is 11.8 Å². The van der Waals surface area contributed by atoms with Crippen molar-refractivity contribution in [2.75, 3.05) is 12.9 Å². The van der Waals surface area contributed by atoms with Gasteiger partial charge < -0.3 is 4.74 Å². The molecule has 0 amide bonds. The summed E-state index contributed by atoms with van der Waals surface area (Å²) in [7, 11) is 1.66. The Hall–Kier alpha value is -1.74. The lowest BCUT2D eigenvalue weighted by atomic mass is 10.0. The topological polar surface area (TPSA) is 26.3 Å². The Balaban J connectivity index is 2.13. The molecule has 110 valence electrons. The molecule has 0 N–H and O–H groups in total. The molecule has 0 aliphatic carbocycles. The lowest BCUT2D eigenvalue weighted by molar-refractivity contribution is 0.0982. The molecule has 2 nitrogen and oxygen atoms in total. The van der Waals surface area contributed by atoms with Crippen LogP contribution in [-0.2, 0) is 0 Å². The largest absolute Gasteiger partial charge is 0.497 e. The molecule has 0 radical (unpaired) electrons. The van der Waals surface area contributed by atoms with E-state index in [4.69, 9.17) is 4.74 Å². The molecule has 2 rings (SSSR count). The normalized spacial score (nSPS) is 11.9.